The number of nitrogens with one attached hydrogen (secondary N) is 1. The molecular weight excluding hydrogens is 320 g/mol. The van der Waals surface area contributed by atoms with Gasteiger partial charge in [-0.15, -0.1) is 0 Å². The summed E-state index contributed by atoms with van der Waals surface area (Å²) in [6, 6.07) is 6.83. The van der Waals surface area contributed by atoms with E-state index in [2.05, 4.69) is 5.32 Å². The zero-order valence-electron chi connectivity index (χ0n) is 13.1. The molecule has 8 heteroatoms. The van der Waals surface area contributed by atoms with Crippen molar-refractivity contribution in [1.82, 2.24) is 4.90 Å². The van der Waals surface area contributed by atoms with Crippen molar-refractivity contribution in [1.29, 1.82) is 0 Å². The van der Waals surface area contributed by atoms with Crippen LogP contribution < -0.4 is 10.1 Å². The summed E-state index contributed by atoms with van der Waals surface area (Å²) in [7, 11) is -0.0637. The molecule has 0 radical (unpaired) electrons. The minimum absolute atomic E-state index is 0.0370. The number of hydrogen-bond acceptors (Lipinski definition) is 5. The number of nitrogens with zero attached hydrogens (tertiary/aromatic N) is 1. The van der Waals surface area contributed by atoms with Crippen LogP contribution in [0.5, 0.6) is 5.75 Å². The summed E-state index contributed by atoms with van der Waals surface area (Å²) in [5.74, 6) is -0.606. The fourth-order valence-electron chi connectivity index (χ4n) is 2.47. The van der Waals surface area contributed by atoms with E-state index < -0.39 is 15.8 Å². The molecule has 7 nitrogen and oxygen atoms in total. The van der Waals surface area contributed by atoms with E-state index in [1.54, 1.807) is 31.4 Å². The Morgan fingerprint density at radius 1 is 1.30 bits per heavy atom. The van der Waals surface area contributed by atoms with Gasteiger partial charge in [-0.3, -0.25) is 9.59 Å². The summed E-state index contributed by atoms with van der Waals surface area (Å²) in [6.45, 7) is -0.124. The third-order valence-corrected chi connectivity index (χ3v) is 5.48. The molecule has 23 heavy (non-hydrogen) atoms. The Kier molecular flexibility index (Phi) is 5.25. The van der Waals surface area contributed by atoms with Crippen molar-refractivity contribution in [2.75, 3.05) is 37.5 Å². The first-order chi connectivity index (χ1) is 10.8. The number of likely N-dealkylation sites (N-methyl/N-ethyl adjacent to an activating group) is 1. The van der Waals surface area contributed by atoms with E-state index in [1.807, 2.05) is 0 Å². The van der Waals surface area contributed by atoms with Crippen LogP contribution in [0, 0.1) is 5.92 Å². The van der Waals surface area contributed by atoms with E-state index >= 15 is 0 Å². The lowest BCUT2D eigenvalue weighted by atomic mass is 10.1. The van der Waals surface area contributed by atoms with Crippen LogP contribution in [0.25, 0.3) is 0 Å². The quantitative estimate of drug-likeness (QED) is 0.844. The summed E-state index contributed by atoms with van der Waals surface area (Å²) < 4.78 is 27.9. The molecule has 1 atom stereocenters. The molecule has 2 rings (SSSR count). The maximum absolute atomic E-state index is 12.2. The highest BCUT2D eigenvalue weighted by Crippen LogP contribution is 2.20. The fourth-order valence-corrected chi connectivity index (χ4v) is 4.20. The number of hydrogen-bond donors (Lipinski definition) is 1. The van der Waals surface area contributed by atoms with Crippen molar-refractivity contribution in [3.63, 3.8) is 0 Å². The SMILES string of the molecule is COc1ccc(NC(=O)CN(C)C(=O)[C@@H]2CCS(=O)(=O)C2)cc1. The lowest BCUT2D eigenvalue weighted by Crippen LogP contribution is -2.39. The molecule has 0 saturated carbocycles. The summed E-state index contributed by atoms with van der Waals surface area (Å²) >= 11 is 0. The zero-order chi connectivity index (χ0) is 17.0. The third kappa shape index (κ3) is 4.69. The van der Waals surface area contributed by atoms with Crippen LogP contribution in [0.4, 0.5) is 5.69 Å². The van der Waals surface area contributed by atoms with Crippen molar-refractivity contribution in [3.05, 3.63) is 24.3 Å². The van der Waals surface area contributed by atoms with Crippen LogP contribution in [-0.4, -0.2) is 57.3 Å². The molecule has 1 aliphatic rings. The number of benzene rings is 1. The Labute approximate surface area is 135 Å². The third-order valence-electron chi connectivity index (χ3n) is 3.71. The van der Waals surface area contributed by atoms with Gasteiger partial charge < -0.3 is 15.0 Å². The monoisotopic (exact) mass is 340 g/mol. The van der Waals surface area contributed by atoms with Gasteiger partial charge in [-0.2, -0.15) is 0 Å². The molecule has 1 aromatic rings. The van der Waals surface area contributed by atoms with Gasteiger partial charge in [0.2, 0.25) is 11.8 Å². The minimum atomic E-state index is -3.12. The number of ether oxygens (including phenoxy) is 1. The molecule has 1 fully saturated rings. The first kappa shape index (κ1) is 17.3. The van der Waals surface area contributed by atoms with Gasteiger partial charge in [-0.05, 0) is 30.7 Å². The average molecular weight is 340 g/mol. The van der Waals surface area contributed by atoms with Gasteiger partial charge in [0.1, 0.15) is 5.75 Å². The molecule has 1 saturated heterocycles. The summed E-state index contributed by atoms with van der Waals surface area (Å²) in [4.78, 5) is 25.4. The predicted molar refractivity (Wildman–Crippen MR) is 86.0 cm³/mol. The molecule has 2 amide bonds. The van der Waals surface area contributed by atoms with E-state index in [0.29, 0.717) is 17.9 Å². The molecule has 1 N–H and O–H groups in total. The van der Waals surface area contributed by atoms with E-state index in [0.717, 1.165) is 0 Å². The van der Waals surface area contributed by atoms with Gasteiger partial charge in [0.15, 0.2) is 9.84 Å². The van der Waals surface area contributed by atoms with Crippen LogP contribution in [0.3, 0.4) is 0 Å². The minimum Gasteiger partial charge on any atom is -0.497 e. The smallest absolute Gasteiger partial charge is 0.243 e. The first-order valence-electron chi connectivity index (χ1n) is 7.20. The second-order valence-corrected chi connectivity index (χ2v) is 7.80. The Bertz CT molecular complexity index is 684. The van der Waals surface area contributed by atoms with Crippen molar-refractivity contribution in [2.45, 2.75) is 6.42 Å². The Morgan fingerprint density at radius 3 is 2.48 bits per heavy atom. The molecule has 0 spiro atoms. The Morgan fingerprint density at radius 2 is 1.96 bits per heavy atom. The van der Waals surface area contributed by atoms with Gasteiger partial charge in [-0.1, -0.05) is 0 Å². The van der Waals surface area contributed by atoms with Crippen LogP contribution in [0.2, 0.25) is 0 Å². The first-order valence-corrected chi connectivity index (χ1v) is 9.02. The van der Waals surface area contributed by atoms with Crippen LogP contribution in [0.1, 0.15) is 6.42 Å². The molecule has 0 aromatic heterocycles. The van der Waals surface area contributed by atoms with E-state index in [9.17, 15) is 18.0 Å². The molecule has 126 valence electrons. The zero-order valence-corrected chi connectivity index (χ0v) is 13.9. The number of methoxy groups -OCH3 is 1. The number of anilines is 1. The molecule has 0 bridgehead atoms. The van der Waals surface area contributed by atoms with E-state index in [-0.39, 0.29) is 29.9 Å². The molecule has 1 aliphatic heterocycles. The van der Waals surface area contributed by atoms with Gasteiger partial charge in [0.05, 0.1) is 31.1 Å². The van der Waals surface area contributed by atoms with Crippen molar-refractivity contribution in [2.24, 2.45) is 5.92 Å². The largest absolute Gasteiger partial charge is 0.497 e. The molecular formula is C15H20N2O5S. The summed E-state index contributed by atoms with van der Waals surface area (Å²) in [5.41, 5.74) is 0.597. The number of carbonyl (C=O) groups is 2. The number of carbonyl (C=O) groups excluding carboxylic acids is 2. The van der Waals surface area contributed by atoms with E-state index in [1.165, 1.54) is 11.9 Å². The van der Waals surface area contributed by atoms with Gasteiger partial charge in [-0.25, -0.2) is 8.42 Å². The maximum atomic E-state index is 12.2. The maximum Gasteiger partial charge on any atom is 0.243 e. The van der Waals surface area contributed by atoms with Gasteiger partial charge >= 0.3 is 0 Å². The molecule has 0 aliphatic carbocycles. The highest BCUT2D eigenvalue weighted by molar-refractivity contribution is 7.91. The highest BCUT2D eigenvalue weighted by Gasteiger charge is 2.34. The second-order valence-electron chi connectivity index (χ2n) is 5.57. The second kappa shape index (κ2) is 6.99. The molecule has 1 heterocycles. The fraction of sp³-hybridized carbons (Fsp3) is 0.467. The average Bonchev–Trinajstić information content (AvgIpc) is 2.87. The Balaban J connectivity index is 1.87. The van der Waals surface area contributed by atoms with Crippen LogP contribution in [0.15, 0.2) is 24.3 Å². The molecule has 0 unspecified atom stereocenters. The van der Waals surface area contributed by atoms with E-state index in [4.69, 9.17) is 4.74 Å². The molecule has 1 aromatic carbocycles. The topological polar surface area (TPSA) is 92.8 Å². The highest BCUT2D eigenvalue weighted by atomic mass is 32.2. The summed E-state index contributed by atoms with van der Waals surface area (Å²) in [5, 5.41) is 2.68. The van der Waals surface area contributed by atoms with Gasteiger partial charge in [0.25, 0.3) is 0 Å². The van der Waals surface area contributed by atoms with Crippen LogP contribution in [-0.2, 0) is 19.4 Å². The lowest BCUT2D eigenvalue weighted by molar-refractivity contribution is -0.136. The predicted octanol–water partition coefficient (Wildman–Crippen LogP) is 0.527. The van der Waals surface area contributed by atoms with Crippen molar-refractivity contribution < 1.29 is 22.7 Å². The van der Waals surface area contributed by atoms with Crippen molar-refractivity contribution >= 4 is 27.3 Å². The normalized spacial score (nSPS) is 19.1. The summed E-state index contributed by atoms with van der Waals surface area (Å²) in [6.07, 6.45) is 0.325. The van der Waals surface area contributed by atoms with Gasteiger partial charge in [0, 0.05) is 12.7 Å². The van der Waals surface area contributed by atoms with Crippen molar-refractivity contribution in [3.8, 4) is 5.75 Å². The number of amides is 2. The number of sulfone groups is 1. The Hall–Kier alpha value is -2.09. The lowest BCUT2D eigenvalue weighted by Gasteiger charge is -2.19. The van der Waals surface area contributed by atoms with Crippen LogP contribution >= 0.6 is 0 Å². The standard InChI is InChI=1S/C15H20N2O5S/c1-17(15(19)11-7-8-23(20,21)10-11)9-14(18)16-12-3-5-13(22-2)6-4-12/h3-6,11H,7-10H2,1-2H3,(H,16,18)/t11-/m1/s1. The number of rotatable bonds is 5.